The summed E-state index contributed by atoms with van der Waals surface area (Å²) in [6, 6.07) is 4.04. The van der Waals surface area contributed by atoms with Gasteiger partial charge in [0.2, 0.25) is 0 Å². The van der Waals surface area contributed by atoms with Gasteiger partial charge in [-0.15, -0.1) is 0 Å². The lowest BCUT2D eigenvalue weighted by Crippen LogP contribution is -1.86. The molecule has 43 valence electrons. The molecule has 1 nitrogen and oxygen atoms in total. The lowest BCUT2D eigenvalue weighted by molar-refractivity contribution is 0.882. The van der Waals surface area contributed by atoms with Crippen LogP contribution in [0.5, 0.6) is 0 Å². The summed E-state index contributed by atoms with van der Waals surface area (Å²) in [4.78, 5) is 0. The second-order valence-corrected chi connectivity index (χ2v) is 1.72. The Morgan fingerprint density at radius 1 is 1.38 bits per heavy atom. The predicted molar refractivity (Wildman–Crippen MR) is 34.4 cm³/mol. The summed E-state index contributed by atoms with van der Waals surface area (Å²) in [6.07, 6.45) is 5.15. The molecule has 0 aromatic carbocycles. The Labute approximate surface area is 49.9 Å². The molecule has 0 fully saturated rings. The third-order valence-corrected chi connectivity index (χ3v) is 1.02. The molecule has 0 aliphatic carbocycles. The SMILES string of the molecule is CC[CH]n1cccc1. The smallest absolute Gasteiger partial charge is 0.0535 e. The lowest BCUT2D eigenvalue weighted by Gasteiger charge is -1.93. The molecule has 0 bridgehead atoms. The standard InChI is InChI=1S/C7H10N/c1-2-5-8-6-3-4-7-8/h3-7H,2H2,1H3. The van der Waals surface area contributed by atoms with Crippen molar-refractivity contribution in [2.24, 2.45) is 0 Å². The fourth-order valence-corrected chi connectivity index (χ4v) is 0.680. The Balaban J connectivity index is 2.50. The van der Waals surface area contributed by atoms with Crippen LogP contribution in [0.15, 0.2) is 24.5 Å². The first-order chi connectivity index (χ1) is 3.93. The predicted octanol–water partition coefficient (Wildman–Crippen LogP) is 1.91. The van der Waals surface area contributed by atoms with Gasteiger partial charge >= 0.3 is 0 Å². The van der Waals surface area contributed by atoms with E-state index in [2.05, 4.69) is 18.0 Å². The van der Waals surface area contributed by atoms with Crippen LogP contribution in [0.2, 0.25) is 0 Å². The van der Waals surface area contributed by atoms with E-state index in [9.17, 15) is 0 Å². The van der Waals surface area contributed by atoms with Crippen molar-refractivity contribution in [2.75, 3.05) is 0 Å². The first kappa shape index (κ1) is 5.42. The molecule has 0 saturated carbocycles. The minimum Gasteiger partial charge on any atom is -0.349 e. The third kappa shape index (κ3) is 1.12. The number of aromatic nitrogens is 1. The molecule has 0 unspecified atom stereocenters. The molecule has 1 aromatic heterocycles. The highest BCUT2D eigenvalue weighted by Gasteiger charge is 1.81. The Hall–Kier alpha value is -0.720. The molecule has 0 aliphatic rings. The highest BCUT2D eigenvalue weighted by atomic mass is 14.9. The molecule has 0 saturated heterocycles. The van der Waals surface area contributed by atoms with E-state index in [1.54, 1.807) is 0 Å². The molecule has 0 amide bonds. The first-order valence-corrected chi connectivity index (χ1v) is 2.89. The van der Waals surface area contributed by atoms with Gasteiger partial charge in [-0.05, 0) is 18.6 Å². The molecule has 0 N–H and O–H groups in total. The van der Waals surface area contributed by atoms with Gasteiger partial charge in [-0.3, -0.25) is 0 Å². The topological polar surface area (TPSA) is 4.93 Å². The summed E-state index contributed by atoms with van der Waals surface area (Å²) in [5.74, 6) is 0. The van der Waals surface area contributed by atoms with E-state index in [0.29, 0.717) is 0 Å². The highest BCUT2D eigenvalue weighted by molar-refractivity contribution is 4.93. The van der Waals surface area contributed by atoms with Gasteiger partial charge in [-0.25, -0.2) is 0 Å². The first-order valence-electron chi connectivity index (χ1n) is 2.89. The Morgan fingerprint density at radius 3 is 2.50 bits per heavy atom. The van der Waals surface area contributed by atoms with E-state index in [4.69, 9.17) is 0 Å². The van der Waals surface area contributed by atoms with Crippen molar-refractivity contribution in [1.82, 2.24) is 4.57 Å². The van der Waals surface area contributed by atoms with Crippen molar-refractivity contribution in [3.05, 3.63) is 31.1 Å². The summed E-state index contributed by atoms with van der Waals surface area (Å²) >= 11 is 0. The maximum absolute atomic E-state index is 2.12. The summed E-state index contributed by atoms with van der Waals surface area (Å²) in [5, 5.41) is 0. The summed E-state index contributed by atoms with van der Waals surface area (Å²) < 4.78 is 2.06. The van der Waals surface area contributed by atoms with Crippen LogP contribution in [0.1, 0.15) is 13.3 Å². The van der Waals surface area contributed by atoms with Crippen molar-refractivity contribution in [3.8, 4) is 0 Å². The molecule has 0 aliphatic heterocycles. The lowest BCUT2D eigenvalue weighted by atomic mass is 10.5. The van der Waals surface area contributed by atoms with Crippen LogP contribution in [0.25, 0.3) is 0 Å². The summed E-state index contributed by atoms with van der Waals surface area (Å²) in [5.41, 5.74) is 0. The Kier molecular flexibility index (Phi) is 1.73. The van der Waals surface area contributed by atoms with Crippen LogP contribution in [-0.2, 0) is 0 Å². The van der Waals surface area contributed by atoms with E-state index in [1.807, 2.05) is 24.5 Å². The van der Waals surface area contributed by atoms with E-state index < -0.39 is 0 Å². The third-order valence-electron chi connectivity index (χ3n) is 1.02. The van der Waals surface area contributed by atoms with Crippen molar-refractivity contribution in [2.45, 2.75) is 13.3 Å². The molecule has 0 spiro atoms. The van der Waals surface area contributed by atoms with Crippen molar-refractivity contribution in [1.29, 1.82) is 0 Å². The largest absolute Gasteiger partial charge is 0.349 e. The Bertz CT molecular complexity index is 130. The van der Waals surface area contributed by atoms with Gasteiger partial charge < -0.3 is 4.57 Å². The van der Waals surface area contributed by atoms with E-state index in [1.165, 1.54) is 0 Å². The van der Waals surface area contributed by atoms with Gasteiger partial charge in [0.25, 0.3) is 0 Å². The van der Waals surface area contributed by atoms with Crippen LogP contribution in [0, 0.1) is 6.54 Å². The number of rotatable bonds is 2. The van der Waals surface area contributed by atoms with Gasteiger partial charge in [0.05, 0.1) is 6.54 Å². The molecule has 8 heavy (non-hydrogen) atoms. The zero-order chi connectivity index (χ0) is 5.82. The molecule has 1 aromatic rings. The summed E-state index contributed by atoms with van der Waals surface area (Å²) in [6.45, 7) is 4.25. The van der Waals surface area contributed by atoms with Crippen LogP contribution in [0.3, 0.4) is 0 Å². The minimum absolute atomic E-state index is 1.09. The van der Waals surface area contributed by atoms with Crippen LogP contribution in [0.4, 0.5) is 0 Å². The monoisotopic (exact) mass is 108 g/mol. The van der Waals surface area contributed by atoms with E-state index in [0.717, 1.165) is 6.42 Å². The molecule has 0 atom stereocenters. The van der Waals surface area contributed by atoms with Crippen LogP contribution in [-0.4, -0.2) is 4.57 Å². The highest BCUT2D eigenvalue weighted by Crippen LogP contribution is 1.93. The van der Waals surface area contributed by atoms with E-state index in [-0.39, 0.29) is 0 Å². The maximum Gasteiger partial charge on any atom is 0.0535 e. The molecule has 1 rings (SSSR count). The molecule has 1 radical (unpaired) electrons. The summed E-state index contributed by atoms with van der Waals surface area (Å²) in [7, 11) is 0. The number of hydrogen-bond donors (Lipinski definition) is 0. The van der Waals surface area contributed by atoms with Gasteiger partial charge in [0, 0.05) is 12.4 Å². The van der Waals surface area contributed by atoms with Crippen molar-refractivity contribution >= 4 is 0 Å². The molecule has 1 heterocycles. The van der Waals surface area contributed by atoms with Gasteiger partial charge in [-0.1, -0.05) is 6.92 Å². The molecular formula is C7H10N. The second kappa shape index (κ2) is 2.55. The number of nitrogens with zero attached hydrogens (tertiary/aromatic N) is 1. The quantitative estimate of drug-likeness (QED) is 0.545. The minimum atomic E-state index is 1.09. The van der Waals surface area contributed by atoms with Crippen LogP contribution < -0.4 is 0 Å². The maximum atomic E-state index is 2.12. The Morgan fingerprint density at radius 2 is 2.00 bits per heavy atom. The van der Waals surface area contributed by atoms with Crippen molar-refractivity contribution in [3.63, 3.8) is 0 Å². The molecular weight excluding hydrogens is 98.1 g/mol. The average Bonchev–Trinajstić information content (AvgIpc) is 2.19. The fourth-order valence-electron chi connectivity index (χ4n) is 0.680. The fraction of sp³-hybridized carbons (Fsp3) is 0.286. The zero-order valence-corrected chi connectivity index (χ0v) is 5.04. The zero-order valence-electron chi connectivity index (χ0n) is 5.04. The van der Waals surface area contributed by atoms with Gasteiger partial charge in [-0.2, -0.15) is 0 Å². The van der Waals surface area contributed by atoms with Crippen molar-refractivity contribution < 1.29 is 0 Å². The van der Waals surface area contributed by atoms with Gasteiger partial charge in [0.1, 0.15) is 0 Å². The number of hydrogen-bond acceptors (Lipinski definition) is 0. The van der Waals surface area contributed by atoms with E-state index >= 15 is 0 Å². The van der Waals surface area contributed by atoms with Crippen LogP contribution >= 0.6 is 0 Å². The average molecular weight is 108 g/mol. The normalized spacial score (nSPS) is 9.62. The second-order valence-electron chi connectivity index (χ2n) is 1.72. The molecule has 1 heteroatoms. The van der Waals surface area contributed by atoms with Gasteiger partial charge in [0.15, 0.2) is 0 Å².